The number of aliphatic hydroxyl groups excluding tert-OH is 1. The Morgan fingerprint density at radius 1 is 1.03 bits per heavy atom. The predicted octanol–water partition coefficient (Wildman–Crippen LogP) is 5.33. The van der Waals surface area contributed by atoms with Crippen molar-refractivity contribution < 1.29 is 14.7 Å². The average molecular weight is 538 g/mol. The third kappa shape index (κ3) is 5.24. The van der Waals surface area contributed by atoms with E-state index in [9.17, 15) is 14.7 Å². The molecule has 6 nitrogen and oxygen atoms in total. The lowest BCUT2D eigenvalue weighted by Gasteiger charge is -2.48. The van der Waals surface area contributed by atoms with Crippen LogP contribution in [-0.4, -0.2) is 45.5 Å². The maximum absolute atomic E-state index is 14.0. The summed E-state index contributed by atoms with van der Waals surface area (Å²) in [5, 5.41) is 14.9. The summed E-state index contributed by atoms with van der Waals surface area (Å²) in [6, 6.07) is 16.9. The first-order valence-corrected chi connectivity index (χ1v) is 13.4. The van der Waals surface area contributed by atoms with E-state index in [1.807, 2.05) is 30.3 Å². The van der Waals surface area contributed by atoms with Gasteiger partial charge < -0.3 is 15.3 Å². The molecule has 0 bridgehead atoms. The third-order valence-corrected chi connectivity index (χ3v) is 7.96. The number of nitrogens with one attached hydrogen (secondary N) is 1. The molecule has 1 aromatic heterocycles. The first-order chi connectivity index (χ1) is 18.0. The molecule has 2 aromatic carbocycles. The van der Waals surface area contributed by atoms with Gasteiger partial charge in [0.2, 0.25) is 5.91 Å². The summed E-state index contributed by atoms with van der Waals surface area (Å²) in [5.41, 5.74) is 2.65. The number of fused-ring (bicyclic) bond motifs is 1. The molecule has 2 aliphatic rings. The van der Waals surface area contributed by atoms with E-state index in [-0.39, 0.29) is 11.8 Å². The van der Waals surface area contributed by atoms with Crippen LogP contribution in [0.4, 0.5) is 0 Å². The van der Waals surface area contributed by atoms with Gasteiger partial charge in [-0.2, -0.15) is 0 Å². The molecule has 0 unspecified atom stereocenters. The van der Waals surface area contributed by atoms with Gasteiger partial charge in [0.25, 0.3) is 5.91 Å². The highest BCUT2D eigenvalue weighted by Gasteiger charge is 2.48. The monoisotopic (exact) mass is 537 g/mol. The van der Waals surface area contributed by atoms with E-state index < -0.39 is 24.1 Å². The van der Waals surface area contributed by atoms with Crippen LogP contribution in [0, 0.1) is 0 Å². The van der Waals surface area contributed by atoms with Crippen molar-refractivity contribution in [2.75, 3.05) is 6.54 Å². The van der Waals surface area contributed by atoms with Crippen LogP contribution >= 0.6 is 23.2 Å². The molecule has 5 rings (SSSR count). The van der Waals surface area contributed by atoms with E-state index in [1.165, 1.54) is 0 Å². The van der Waals surface area contributed by atoms with Crippen molar-refractivity contribution in [1.29, 1.82) is 0 Å². The Morgan fingerprint density at radius 3 is 2.57 bits per heavy atom. The number of halogens is 2. The lowest BCUT2D eigenvalue weighted by molar-refractivity contribution is -0.125. The van der Waals surface area contributed by atoms with Crippen LogP contribution in [0.3, 0.4) is 0 Å². The Kier molecular flexibility index (Phi) is 7.79. The Morgan fingerprint density at radius 2 is 1.81 bits per heavy atom. The van der Waals surface area contributed by atoms with Crippen molar-refractivity contribution in [1.82, 2.24) is 15.2 Å². The van der Waals surface area contributed by atoms with E-state index in [0.717, 1.165) is 18.5 Å². The maximum Gasteiger partial charge on any atom is 0.255 e. The number of rotatable bonds is 6. The first kappa shape index (κ1) is 25.7. The van der Waals surface area contributed by atoms with Gasteiger partial charge in [-0.15, -0.1) is 0 Å². The number of hydrogen-bond acceptors (Lipinski definition) is 4. The number of carbonyl (C=O) groups is 2. The van der Waals surface area contributed by atoms with Crippen molar-refractivity contribution in [3.63, 3.8) is 0 Å². The van der Waals surface area contributed by atoms with Gasteiger partial charge in [0, 0.05) is 40.5 Å². The fraction of sp³-hybridized carbons (Fsp3) is 0.345. The van der Waals surface area contributed by atoms with Gasteiger partial charge in [-0.3, -0.25) is 14.6 Å². The van der Waals surface area contributed by atoms with Crippen molar-refractivity contribution in [3.8, 4) is 0 Å². The molecule has 8 heteroatoms. The summed E-state index contributed by atoms with van der Waals surface area (Å²) in [4.78, 5) is 34.0. The lowest BCUT2D eigenvalue weighted by Crippen LogP contribution is -2.55. The Balaban J connectivity index is 1.57. The van der Waals surface area contributed by atoms with Gasteiger partial charge in [-0.25, -0.2) is 0 Å². The molecular formula is C29H29Cl2N3O3. The minimum absolute atomic E-state index is 0.199. The van der Waals surface area contributed by atoms with Crippen LogP contribution in [0.25, 0.3) is 0 Å². The van der Waals surface area contributed by atoms with Crippen LogP contribution < -0.4 is 5.32 Å². The fourth-order valence-electron chi connectivity index (χ4n) is 5.66. The summed E-state index contributed by atoms with van der Waals surface area (Å²) in [6.45, 7) is 0.398. The number of nitrogens with zero attached hydrogens (tertiary/aromatic N) is 2. The van der Waals surface area contributed by atoms with Gasteiger partial charge in [0.1, 0.15) is 0 Å². The quantitative estimate of drug-likeness (QED) is 0.445. The molecule has 37 heavy (non-hydrogen) atoms. The highest BCUT2D eigenvalue weighted by atomic mass is 35.5. The van der Waals surface area contributed by atoms with Gasteiger partial charge in [0.05, 0.1) is 24.1 Å². The number of amides is 2. The molecule has 2 heterocycles. The molecule has 2 N–H and O–H groups in total. The largest absolute Gasteiger partial charge is 0.391 e. The molecule has 2 amide bonds. The highest BCUT2D eigenvalue weighted by Crippen LogP contribution is 2.47. The van der Waals surface area contributed by atoms with Crippen LogP contribution in [0.2, 0.25) is 10.0 Å². The minimum atomic E-state index is -0.717. The average Bonchev–Trinajstić information content (AvgIpc) is 2.90. The maximum atomic E-state index is 14.0. The second-order valence-corrected chi connectivity index (χ2v) is 10.5. The Labute approximate surface area is 226 Å². The minimum Gasteiger partial charge on any atom is -0.391 e. The molecule has 0 spiro atoms. The molecule has 192 valence electrons. The van der Waals surface area contributed by atoms with Crippen LogP contribution in [0.5, 0.6) is 0 Å². The van der Waals surface area contributed by atoms with E-state index in [4.69, 9.17) is 23.2 Å². The fourth-order valence-corrected chi connectivity index (χ4v) is 6.18. The van der Waals surface area contributed by atoms with E-state index in [0.29, 0.717) is 52.5 Å². The van der Waals surface area contributed by atoms with Crippen molar-refractivity contribution in [2.45, 2.75) is 56.2 Å². The van der Waals surface area contributed by atoms with E-state index in [2.05, 4.69) is 10.3 Å². The van der Waals surface area contributed by atoms with Gasteiger partial charge in [-0.1, -0.05) is 66.4 Å². The normalized spacial score (nSPS) is 23.4. The predicted molar refractivity (Wildman–Crippen MR) is 144 cm³/mol. The molecule has 1 aliphatic heterocycles. The molecule has 0 saturated heterocycles. The SMILES string of the molecule is O=C(NCCc1ccccn1)[C@@H]1c2ccccc2C(=O)N([C@@H]2CCCC[C@H]2O)[C@H]1c1ccc(Cl)cc1Cl. The van der Waals surface area contributed by atoms with Gasteiger partial charge >= 0.3 is 0 Å². The van der Waals surface area contributed by atoms with Crippen molar-refractivity contribution in [3.05, 3.63) is 99.3 Å². The van der Waals surface area contributed by atoms with Crippen LogP contribution in [0.1, 0.15) is 64.8 Å². The molecule has 3 aromatic rings. The number of aromatic nitrogens is 1. The zero-order chi connectivity index (χ0) is 25.9. The van der Waals surface area contributed by atoms with E-state index in [1.54, 1.807) is 41.4 Å². The molecule has 1 saturated carbocycles. The third-order valence-electron chi connectivity index (χ3n) is 7.40. The number of carbonyl (C=O) groups excluding carboxylic acids is 2. The standard InChI is InChI=1S/C29H29Cl2N3O3/c30-18-12-13-22(23(31)17-18)27-26(28(36)33-16-14-19-7-5-6-15-32-19)20-8-1-2-9-21(20)29(37)34(27)24-10-3-4-11-25(24)35/h1-2,5-9,12-13,15,17,24-27,35H,3-4,10-11,14,16H2,(H,33,36)/t24-,25-,26-,27+/m1/s1. The Bertz CT molecular complexity index is 1290. The van der Waals surface area contributed by atoms with Crippen molar-refractivity contribution >= 4 is 35.0 Å². The van der Waals surface area contributed by atoms with Crippen LogP contribution in [-0.2, 0) is 11.2 Å². The summed E-state index contributed by atoms with van der Waals surface area (Å²) in [5.74, 6) is -1.12. The molecule has 1 fully saturated rings. The number of aliphatic hydroxyl groups is 1. The molecular weight excluding hydrogens is 509 g/mol. The van der Waals surface area contributed by atoms with Gasteiger partial charge in [0.15, 0.2) is 0 Å². The summed E-state index contributed by atoms with van der Waals surface area (Å²) < 4.78 is 0. The summed E-state index contributed by atoms with van der Waals surface area (Å²) in [6.07, 6.45) is 4.70. The van der Waals surface area contributed by atoms with Crippen LogP contribution in [0.15, 0.2) is 66.9 Å². The number of benzene rings is 2. The summed E-state index contributed by atoms with van der Waals surface area (Å²) >= 11 is 12.9. The summed E-state index contributed by atoms with van der Waals surface area (Å²) in [7, 11) is 0. The zero-order valence-corrected chi connectivity index (χ0v) is 21.8. The second kappa shape index (κ2) is 11.2. The van der Waals surface area contributed by atoms with Gasteiger partial charge in [-0.05, 0) is 54.3 Å². The lowest BCUT2D eigenvalue weighted by atomic mass is 9.76. The first-order valence-electron chi connectivity index (χ1n) is 12.7. The zero-order valence-electron chi connectivity index (χ0n) is 20.3. The van der Waals surface area contributed by atoms with E-state index >= 15 is 0 Å². The topological polar surface area (TPSA) is 82.5 Å². The molecule has 4 atom stereocenters. The Hall–Kier alpha value is -2.93. The highest BCUT2D eigenvalue weighted by molar-refractivity contribution is 6.35. The smallest absolute Gasteiger partial charge is 0.255 e. The molecule has 1 aliphatic carbocycles. The number of hydrogen-bond donors (Lipinski definition) is 2. The van der Waals surface area contributed by atoms with Crippen molar-refractivity contribution in [2.24, 2.45) is 0 Å². The number of pyridine rings is 1. The molecule has 0 radical (unpaired) electrons. The second-order valence-electron chi connectivity index (χ2n) is 9.67.